The molecule has 0 spiro atoms. The lowest BCUT2D eigenvalue weighted by Gasteiger charge is -2.14. The lowest BCUT2D eigenvalue weighted by atomic mass is 10.1. The molecule has 0 aliphatic rings. The van der Waals surface area contributed by atoms with E-state index in [4.69, 9.17) is 32.7 Å². The molecule has 0 fully saturated rings. The van der Waals surface area contributed by atoms with Crippen molar-refractivity contribution in [3.05, 3.63) is 46.9 Å². The highest BCUT2D eigenvalue weighted by atomic mass is 35.5. The maximum atomic E-state index is 6.45. The zero-order chi connectivity index (χ0) is 14.5. The number of alkyl halides is 1. The van der Waals surface area contributed by atoms with Crippen molar-refractivity contribution in [1.29, 1.82) is 0 Å². The van der Waals surface area contributed by atoms with Crippen molar-refractivity contribution in [2.75, 3.05) is 14.2 Å². The number of rotatable bonds is 5. The summed E-state index contributed by atoms with van der Waals surface area (Å²) in [4.78, 5) is 8.14. The van der Waals surface area contributed by atoms with Crippen LogP contribution >= 0.6 is 23.2 Å². The smallest absolute Gasteiger partial charge is 0.216 e. The van der Waals surface area contributed by atoms with Gasteiger partial charge in [-0.2, -0.15) is 0 Å². The first-order valence-corrected chi connectivity index (χ1v) is 6.78. The molecule has 0 bridgehead atoms. The van der Waals surface area contributed by atoms with Gasteiger partial charge in [0.1, 0.15) is 12.1 Å². The van der Waals surface area contributed by atoms with Crippen molar-refractivity contribution in [3.63, 3.8) is 0 Å². The third-order valence-electron chi connectivity index (χ3n) is 2.83. The number of halogens is 2. The highest BCUT2D eigenvalue weighted by Gasteiger charge is 2.16. The van der Waals surface area contributed by atoms with Crippen molar-refractivity contribution in [3.8, 4) is 11.6 Å². The van der Waals surface area contributed by atoms with Gasteiger partial charge < -0.3 is 9.47 Å². The molecule has 2 aromatic rings. The standard InChI is InChI=1S/C14H14Cl2N2O2/c1-19-13-4-3-9(15)5-11(13)12(16)6-10-7-14(20-2)18-8-17-10/h3-5,7-8,12H,6H2,1-2H3. The second kappa shape index (κ2) is 6.77. The highest BCUT2D eigenvalue weighted by molar-refractivity contribution is 6.31. The summed E-state index contributed by atoms with van der Waals surface area (Å²) in [7, 11) is 3.16. The minimum atomic E-state index is -0.303. The third kappa shape index (κ3) is 3.52. The van der Waals surface area contributed by atoms with Crippen LogP contribution in [0.1, 0.15) is 16.6 Å². The Morgan fingerprint density at radius 3 is 2.65 bits per heavy atom. The van der Waals surface area contributed by atoms with E-state index in [0.717, 1.165) is 11.3 Å². The van der Waals surface area contributed by atoms with E-state index in [1.165, 1.54) is 6.33 Å². The number of ether oxygens (including phenoxy) is 2. The first-order chi connectivity index (χ1) is 9.63. The van der Waals surface area contributed by atoms with Crippen molar-refractivity contribution in [1.82, 2.24) is 9.97 Å². The maximum Gasteiger partial charge on any atom is 0.216 e. The molecule has 1 aromatic heterocycles. The largest absolute Gasteiger partial charge is 0.496 e. The molecule has 0 saturated heterocycles. The van der Waals surface area contributed by atoms with E-state index in [2.05, 4.69) is 9.97 Å². The molecule has 0 saturated carbocycles. The minimum Gasteiger partial charge on any atom is -0.496 e. The first-order valence-electron chi connectivity index (χ1n) is 5.96. The second-order valence-electron chi connectivity index (χ2n) is 4.11. The number of aromatic nitrogens is 2. The Bertz CT molecular complexity index is 593. The molecule has 1 atom stereocenters. The van der Waals surface area contributed by atoms with E-state index >= 15 is 0 Å². The molecule has 0 N–H and O–H groups in total. The first kappa shape index (κ1) is 14.9. The van der Waals surface area contributed by atoms with Gasteiger partial charge in [0.25, 0.3) is 0 Å². The molecule has 106 valence electrons. The van der Waals surface area contributed by atoms with Crippen molar-refractivity contribution < 1.29 is 9.47 Å². The summed E-state index contributed by atoms with van der Waals surface area (Å²) in [6.45, 7) is 0. The van der Waals surface area contributed by atoms with Crippen LogP contribution in [0.4, 0.5) is 0 Å². The van der Waals surface area contributed by atoms with Gasteiger partial charge in [0.15, 0.2) is 0 Å². The summed E-state index contributed by atoms with van der Waals surface area (Å²) < 4.78 is 10.4. The third-order valence-corrected chi connectivity index (χ3v) is 3.45. The van der Waals surface area contributed by atoms with Gasteiger partial charge in [0.2, 0.25) is 5.88 Å². The van der Waals surface area contributed by atoms with Crippen LogP contribution in [0.15, 0.2) is 30.6 Å². The van der Waals surface area contributed by atoms with E-state index < -0.39 is 0 Å². The Hall–Kier alpha value is -1.52. The second-order valence-corrected chi connectivity index (χ2v) is 5.07. The topological polar surface area (TPSA) is 44.2 Å². The molecule has 1 aromatic carbocycles. The molecule has 6 heteroatoms. The highest BCUT2D eigenvalue weighted by Crippen LogP contribution is 2.34. The molecular formula is C14H14Cl2N2O2. The molecule has 1 heterocycles. The summed E-state index contributed by atoms with van der Waals surface area (Å²) in [5.74, 6) is 1.22. The fourth-order valence-electron chi connectivity index (χ4n) is 1.84. The number of nitrogens with zero attached hydrogens (tertiary/aromatic N) is 2. The quantitative estimate of drug-likeness (QED) is 0.790. The van der Waals surface area contributed by atoms with E-state index in [1.807, 2.05) is 0 Å². The molecule has 4 nitrogen and oxygen atoms in total. The molecular weight excluding hydrogens is 299 g/mol. The maximum absolute atomic E-state index is 6.45. The van der Waals surface area contributed by atoms with Crippen molar-refractivity contribution in [2.24, 2.45) is 0 Å². The summed E-state index contributed by atoms with van der Waals surface area (Å²) in [6.07, 6.45) is 1.98. The molecule has 2 rings (SSSR count). The summed E-state index contributed by atoms with van der Waals surface area (Å²) in [6, 6.07) is 7.12. The number of hydrogen-bond acceptors (Lipinski definition) is 4. The molecule has 0 aliphatic carbocycles. The minimum absolute atomic E-state index is 0.303. The number of benzene rings is 1. The number of methoxy groups -OCH3 is 2. The van der Waals surface area contributed by atoms with E-state index in [1.54, 1.807) is 38.5 Å². The number of hydrogen-bond donors (Lipinski definition) is 0. The lowest BCUT2D eigenvalue weighted by Crippen LogP contribution is -2.02. The zero-order valence-electron chi connectivity index (χ0n) is 11.1. The average molecular weight is 313 g/mol. The Morgan fingerprint density at radius 1 is 1.15 bits per heavy atom. The van der Waals surface area contributed by atoms with Gasteiger partial charge in [-0.3, -0.25) is 0 Å². The normalized spacial score (nSPS) is 12.0. The van der Waals surface area contributed by atoms with Gasteiger partial charge in [0, 0.05) is 28.8 Å². The van der Waals surface area contributed by atoms with Crippen LogP contribution in [0, 0.1) is 0 Å². The predicted molar refractivity (Wildman–Crippen MR) is 78.9 cm³/mol. The molecule has 20 heavy (non-hydrogen) atoms. The van der Waals surface area contributed by atoms with Crippen LogP contribution in [0.3, 0.4) is 0 Å². The van der Waals surface area contributed by atoms with Crippen LogP contribution < -0.4 is 9.47 Å². The van der Waals surface area contributed by atoms with Crippen LogP contribution in [0.2, 0.25) is 5.02 Å². The summed E-state index contributed by atoms with van der Waals surface area (Å²) in [5, 5.41) is 0.315. The van der Waals surface area contributed by atoms with Gasteiger partial charge in [0.05, 0.1) is 19.6 Å². The molecule has 0 radical (unpaired) electrons. The Labute approximate surface area is 127 Å². The molecule has 0 aliphatic heterocycles. The molecule has 1 unspecified atom stereocenters. The van der Waals surface area contributed by atoms with Gasteiger partial charge in [-0.1, -0.05) is 11.6 Å². The lowest BCUT2D eigenvalue weighted by molar-refractivity contribution is 0.395. The van der Waals surface area contributed by atoms with E-state index in [9.17, 15) is 0 Å². The summed E-state index contributed by atoms with van der Waals surface area (Å²) in [5.41, 5.74) is 1.62. The van der Waals surface area contributed by atoms with Crippen LogP contribution in [0.5, 0.6) is 11.6 Å². The van der Waals surface area contributed by atoms with Gasteiger partial charge in [-0.25, -0.2) is 9.97 Å². The van der Waals surface area contributed by atoms with Gasteiger partial charge in [-0.05, 0) is 18.2 Å². The van der Waals surface area contributed by atoms with Crippen LogP contribution in [-0.4, -0.2) is 24.2 Å². The van der Waals surface area contributed by atoms with E-state index in [0.29, 0.717) is 23.1 Å². The SMILES string of the molecule is COc1cc(CC(Cl)c2cc(Cl)ccc2OC)ncn1. The zero-order valence-corrected chi connectivity index (χ0v) is 12.6. The Morgan fingerprint density at radius 2 is 1.95 bits per heavy atom. The van der Waals surface area contributed by atoms with Gasteiger partial charge >= 0.3 is 0 Å². The summed E-state index contributed by atoms with van der Waals surface area (Å²) >= 11 is 12.5. The van der Waals surface area contributed by atoms with Crippen molar-refractivity contribution >= 4 is 23.2 Å². The van der Waals surface area contributed by atoms with Gasteiger partial charge in [-0.15, -0.1) is 11.6 Å². The predicted octanol–water partition coefficient (Wildman–Crippen LogP) is 3.67. The molecule has 0 amide bonds. The fourth-order valence-corrected chi connectivity index (χ4v) is 2.35. The van der Waals surface area contributed by atoms with Crippen LogP contribution in [0.25, 0.3) is 0 Å². The van der Waals surface area contributed by atoms with E-state index in [-0.39, 0.29) is 5.38 Å². The Balaban J connectivity index is 2.23. The average Bonchev–Trinajstić information content (AvgIpc) is 2.47. The Kier molecular flexibility index (Phi) is 5.04. The van der Waals surface area contributed by atoms with Crippen molar-refractivity contribution in [2.45, 2.75) is 11.8 Å². The van der Waals surface area contributed by atoms with Crippen LogP contribution in [-0.2, 0) is 6.42 Å². The monoisotopic (exact) mass is 312 g/mol. The fraction of sp³-hybridized carbons (Fsp3) is 0.286.